The number of carbonyl (C=O) groups is 2. The summed E-state index contributed by atoms with van der Waals surface area (Å²) in [5, 5.41) is 2.80. The van der Waals surface area contributed by atoms with Crippen LogP contribution in [0.2, 0.25) is 0 Å². The molecule has 1 N–H and O–H groups in total. The first-order valence-corrected chi connectivity index (χ1v) is 9.22. The Labute approximate surface area is 160 Å². The molecule has 2 aromatic rings. The standard InChI is InChI=1S/C22H26N2O3/c1-13(2)27-19-9-7-6-8-17(19)12-24-21-15(4)10-14(3)11-18(21)20(22(24)26)23-16(5)25/h6-11,13,20H,12H2,1-5H3,(H,23,25)/t20-/m1/s1. The number of anilines is 1. The van der Waals surface area contributed by atoms with Gasteiger partial charge in [0, 0.05) is 18.1 Å². The van der Waals surface area contributed by atoms with Crippen molar-refractivity contribution in [2.45, 2.75) is 53.3 Å². The maximum absolute atomic E-state index is 13.2. The molecule has 1 atom stereocenters. The Morgan fingerprint density at radius 1 is 1.22 bits per heavy atom. The van der Waals surface area contributed by atoms with Gasteiger partial charge in [-0.05, 0) is 39.3 Å². The third kappa shape index (κ3) is 3.82. The van der Waals surface area contributed by atoms with Gasteiger partial charge >= 0.3 is 0 Å². The molecule has 3 rings (SSSR count). The predicted octanol–water partition coefficient (Wildman–Crippen LogP) is 3.81. The van der Waals surface area contributed by atoms with Crippen molar-refractivity contribution in [3.05, 3.63) is 58.7 Å². The Bertz CT molecular complexity index is 889. The highest BCUT2D eigenvalue weighted by Gasteiger charge is 2.39. The second-order valence-corrected chi connectivity index (χ2v) is 7.35. The van der Waals surface area contributed by atoms with Crippen molar-refractivity contribution in [1.29, 1.82) is 0 Å². The number of rotatable bonds is 5. The number of nitrogens with one attached hydrogen (secondary N) is 1. The van der Waals surface area contributed by atoms with Crippen LogP contribution in [-0.4, -0.2) is 17.9 Å². The molecule has 1 heterocycles. The van der Waals surface area contributed by atoms with Gasteiger partial charge in [0.1, 0.15) is 11.8 Å². The van der Waals surface area contributed by atoms with E-state index in [-0.39, 0.29) is 17.9 Å². The first-order valence-electron chi connectivity index (χ1n) is 9.22. The number of nitrogens with zero attached hydrogens (tertiary/aromatic N) is 1. The Morgan fingerprint density at radius 3 is 2.59 bits per heavy atom. The minimum Gasteiger partial charge on any atom is -0.491 e. The van der Waals surface area contributed by atoms with Crippen LogP contribution in [0.15, 0.2) is 36.4 Å². The van der Waals surface area contributed by atoms with Crippen LogP contribution in [0.5, 0.6) is 5.75 Å². The summed E-state index contributed by atoms with van der Waals surface area (Å²) in [6.45, 7) is 9.79. The van der Waals surface area contributed by atoms with Crippen LogP contribution < -0.4 is 15.0 Å². The molecular formula is C22H26N2O3. The van der Waals surface area contributed by atoms with Gasteiger partial charge in [-0.3, -0.25) is 9.59 Å². The third-order valence-electron chi connectivity index (χ3n) is 4.58. The van der Waals surface area contributed by atoms with Gasteiger partial charge in [0.2, 0.25) is 5.91 Å². The third-order valence-corrected chi connectivity index (χ3v) is 4.58. The molecule has 5 heteroatoms. The van der Waals surface area contributed by atoms with E-state index in [9.17, 15) is 9.59 Å². The number of hydrogen-bond acceptors (Lipinski definition) is 3. The van der Waals surface area contributed by atoms with Crippen molar-refractivity contribution in [2.75, 3.05) is 4.90 Å². The quantitative estimate of drug-likeness (QED) is 0.875. The zero-order valence-electron chi connectivity index (χ0n) is 16.5. The van der Waals surface area contributed by atoms with E-state index in [1.54, 1.807) is 4.90 Å². The van der Waals surface area contributed by atoms with Gasteiger partial charge in [0.15, 0.2) is 0 Å². The number of ether oxygens (including phenoxy) is 1. The van der Waals surface area contributed by atoms with E-state index in [0.717, 1.165) is 33.7 Å². The van der Waals surface area contributed by atoms with Crippen molar-refractivity contribution in [3.63, 3.8) is 0 Å². The second kappa shape index (κ2) is 7.43. The summed E-state index contributed by atoms with van der Waals surface area (Å²) in [5.74, 6) is 0.437. The Morgan fingerprint density at radius 2 is 1.93 bits per heavy atom. The van der Waals surface area contributed by atoms with Gasteiger partial charge in [0.05, 0.1) is 18.3 Å². The van der Waals surface area contributed by atoms with Crippen LogP contribution in [0.25, 0.3) is 0 Å². The summed E-state index contributed by atoms with van der Waals surface area (Å²) in [5.41, 5.74) is 4.76. The lowest BCUT2D eigenvalue weighted by Gasteiger charge is -2.22. The maximum Gasteiger partial charge on any atom is 0.254 e. The average molecular weight is 366 g/mol. The molecule has 0 spiro atoms. The zero-order chi connectivity index (χ0) is 19.7. The molecule has 0 saturated heterocycles. The summed E-state index contributed by atoms with van der Waals surface area (Å²) in [7, 11) is 0. The van der Waals surface area contributed by atoms with Crippen LogP contribution >= 0.6 is 0 Å². The van der Waals surface area contributed by atoms with E-state index in [2.05, 4.69) is 11.4 Å². The number of benzene rings is 2. The molecule has 0 fully saturated rings. The van der Waals surface area contributed by atoms with Crippen molar-refractivity contribution in [3.8, 4) is 5.75 Å². The summed E-state index contributed by atoms with van der Waals surface area (Å²) in [6, 6.07) is 11.2. The number of amides is 2. The van der Waals surface area contributed by atoms with Gasteiger partial charge < -0.3 is 15.0 Å². The molecule has 0 aromatic heterocycles. The van der Waals surface area contributed by atoms with Gasteiger partial charge in [-0.15, -0.1) is 0 Å². The number of para-hydroxylation sites is 1. The summed E-state index contributed by atoms with van der Waals surface area (Å²) < 4.78 is 5.91. The topological polar surface area (TPSA) is 58.6 Å². The highest BCUT2D eigenvalue weighted by molar-refractivity contribution is 6.06. The lowest BCUT2D eigenvalue weighted by Crippen LogP contribution is -2.36. The molecule has 1 aliphatic heterocycles. The first kappa shape index (κ1) is 19.0. The summed E-state index contributed by atoms with van der Waals surface area (Å²) in [4.78, 5) is 26.6. The lowest BCUT2D eigenvalue weighted by molar-refractivity contribution is -0.126. The Balaban J connectivity index is 2.03. The van der Waals surface area contributed by atoms with Crippen molar-refractivity contribution in [2.24, 2.45) is 0 Å². The van der Waals surface area contributed by atoms with E-state index in [1.165, 1.54) is 6.92 Å². The average Bonchev–Trinajstić information content (AvgIpc) is 2.81. The molecule has 0 radical (unpaired) electrons. The van der Waals surface area contributed by atoms with Gasteiger partial charge in [-0.25, -0.2) is 0 Å². The van der Waals surface area contributed by atoms with E-state index in [1.807, 2.05) is 58.0 Å². The maximum atomic E-state index is 13.2. The van der Waals surface area contributed by atoms with E-state index >= 15 is 0 Å². The van der Waals surface area contributed by atoms with Crippen molar-refractivity contribution >= 4 is 17.5 Å². The van der Waals surface area contributed by atoms with Gasteiger partial charge in [-0.2, -0.15) is 0 Å². The van der Waals surface area contributed by atoms with Crippen LogP contribution in [0.3, 0.4) is 0 Å². The number of carbonyl (C=O) groups excluding carboxylic acids is 2. The molecule has 1 aliphatic rings. The van der Waals surface area contributed by atoms with Gasteiger partial charge in [-0.1, -0.05) is 35.9 Å². The van der Waals surface area contributed by atoms with Crippen LogP contribution in [0.4, 0.5) is 5.69 Å². The Kier molecular flexibility index (Phi) is 5.22. The normalized spacial score (nSPS) is 15.9. The summed E-state index contributed by atoms with van der Waals surface area (Å²) in [6.07, 6.45) is 0.0456. The smallest absolute Gasteiger partial charge is 0.254 e. The second-order valence-electron chi connectivity index (χ2n) is 7.35. The Hall–Kier alpha value is -2.82. The summed E-state index contributed by atoms with van der Waals surface area (Å²) >= 11 is 0. The fourth-order valence-corrected chi connectivity index (χ4v) is 3.65. The number of aryl methyl sites for hydroxylation is 2. The minimum absolute atomic E-state index is 0.0456. The monoisotopic (exact) mass is 366 g/mol. The SMILES string of the molecule is CC(=O)N[C@H]1C(=O)N(Cc2ccccc2OC(C)C)c2c(C)cc(C)cc21. The molecule has 2 aromatic carbocycles. The van der Waals surface area contributed by atoms with E-state index in [0.29, 0.717) is 6.54 Å². The largest absolute Gasteiger partial charge is 0.491 e. The van der Waals surface area contributed by atoms with Gasteiger partial charge in [0.25, 0.3) is 5.91 Å². The highest BCUT2D eigenvalue weighted by atomic mass is 16.5. The van der Waals surface area contributed by atoms with E-state index in [4.69, 9.17) is 4.74 Å². The molecule has 142 valence electrons. The zero-order valence-corrected chi connectivity index (χ0v) is 16.5. The molecule has 2 amide bonds. The van der Waals surface area contributed by atoms with E-state index < -0.39 is 6.04 Å². The fraction of sp³-hybridized carbons (Fsp3) is 0.364. The predicted molar refractivity (Wildman–Crippen MR) is 106 cm³/mol. The minimum atomic E-state index is -0.644. The van der Waals surface area contributed by atoms with Crippen molar-refractivity contribution < 1.29 is 14.3 Å². The molecule has 5 nitrogen and oxygen atoms in total. The van der Waals surface area contributed by atoms with Crippen molar-refractivity contribution in [1.82, 2.24) is 5.32 Å². The lowest BCUT2D eigenvalue weighted by atomic mass is 10.0. The van der Waals surface area contributed by atoms with Crippen LogP contribution in [0.1, 0.15) is 49.1 Å². The van der Waals surface area contributed by atoms with Crippen LogP contribution in [0, 0.1) is 13.8 Å². The molecule has 0 unspecified atom stereocenters. The number of fused-ring (bicyclic) bond motifs is 1. The van der Waals surface area contributed by atoms with Crippen LogP contribution in [-0.2, 0) is 16.1 Å². The number of hydrogen-bond donors (Lipinski definition) is 1. The molecular weight excluding hydrogens is 340 g/mol. The fourth-order valence-electron chi connectivity index (χ4n) is 3.65. The molecule has 0 saturated carbocycles. The molecule has 0 aliphatic carbocycles. The molecule has 27 heavy (non-hydrogen) atoms. The highest BCUT2D eigenvalue weighted by Crippen LogP contribution is 2.40. The molecule has 0 bridgehead atoms. The first-order chi connectivity index (χ1) is 12.8.